The fourth-order valence-corrected chi connectivity index (χ4v) is 2.69. The van der Waals surface area contributed by atoms with Gasteiger partial charge < -0.3 is 15.5 Å². The highest BCUT2D eigenvalue weighted by atomic mass is 19.3. The number of anilines is 1. The molecule has 0 aliphatic carbocycles. The van der Waals surface area contributed by atoms with Gasteiger partial charge in [-0.2, -0.15) is 0 Å². The van der Waals surface area contributed by atoms with E-state index in [-0.39, 0.29) is 38.4 Å². The number of nitrogens with zero attached hydrogens (tertiary/aromatic N) is 2. The minimum absolute atomic E-state index is 0.00778. The van der Waals surface area contributed by atoms with Crippen molar-refractivity contribution < 1.29 is 18.4 Å². The molecule has 2 aromatic rings. The van der Waals surface area contributed by atoms with Crippen LogP contribution in [0.2, 0.25) is 0 Å². The second-order valence-electron chi connectivity index (χ2n) is 5.98. The summed E-state index contributed by atoms with van der Waals surface area (Å²) in [4.78, 5) is 29.3. The number of piperidine rings is 1. The molecule has 25 heavy (non-hydrogen) atoms. The highest BCUT2D eigenvalue weighted by Gasteiger charge is 2.35. The standard InChI is InChI=1S/C17H18F2N4O2/c18-17(19)4-7-23(8-5-17)15(24)11-21-16(25)22-14-2-1-13-10-20-6-3-12(13)9-14/h1-3,6,9-10H,4-5,7-8,11H2,(H2,21,22,25). The van der Waals surface area contributed by atoms with Gasteiger partial charge in [-0.1, -0.05) is 6.07 Å². The maximum absolute atomic E-state index is 13.1. The van der Waals surface area contributed by atoms with Crippen LogP contribution in [0.5, 0.6) is 0 Å². The predicted molar refractivity (Wildman–Crippen MR) is 89.5 cm³/mol. The number of hydrogen-bond donors (Lipinski definition) is 2. The number of amides is 3. The van der Waals surface area contributed by atoms with Crippen LogP contribution in [0.1, 0.15) is 12.8 Å². The summed E-state index contributed by atoms with van der Waals surface area (Å²) in [6.07, 6.45) is 2.71. The number of carbonyl (C=O) groups is 2. The first-order valence-electron chi connectivity index (χ1n) is 7.97. The maximum atomic E-state index is 13.1. The van der Waals surface area contributed by atoms with E-state index in [0.717, 1.165) is 10.8 Å². The lowest BCUT2D eigenvalue weighted by Gasteiger charge is -2.31. The van der Waals surface area contributed by atoms with E-state index < -0.39 is 12.0 Å². The number of pyridine rings is 1. The lowest BCUT2D eigenvalue weighted by Crippen LogP contribution is -2.47. The van der Waals surface area contributed by atoms with Crippen LogP contribution in [0.4, 0.5) is 19.3 Å². The van der Waals surface area contributed by atoms with Gasteiger partial charge in [0.1, 0.15) is 0 Å². The van der Waals surface area contributed by atoms with Crippen molar-refractivity contribution in [3.8, 4) is 0 Å². The Hall–Kier alpha value is -2.77. The summed E-state index contributed by atoms with van der Waals surface area (Å²) in [6, 6.07) is 6.66. The van der Waals surface area contributed by atoms with Crippen LogP contribution in [0, 0.1) is 0 Å². The molecule has 0 atom stereocenters. The largest absolute Gasteiger partial charge is 0.341 e. The number of hydrogen-bond acceptors (Lipinski definition) is 3. The summed E-state index contributed by atoms with van der Waals surface area (Å²) < 4.78 is 26.2. The second kappa shape index (κ2) is 7.00. The number of fused-ring (bicyclic) bond motifs is 1. The topological polar surface area (TPSA) is 74.3 Å². The zero-order valence-corrected chi connectivity index (χ0v) is 13.5. The van der Waals surface area contributed by atoms with E-state index in [9.17, 15) is 18.4 Å². The Morgan fingerprint density at radius 3 is 2.68 bits per heavy atom. The van der Waals surface area contributed by atoms with Crippen molar-refractivity contribution in [1.29, 1.82) is 0 Å². The van der Waals surface area contributed by atoms with Crippen molar-refractivity contribution in [3.63, 3.8) is 0 Å². The molecule has 1 aliphatic rings. The molecule has 0 spiro atoms. The fourth-order valence-electron chi connectivity index (χ4n) is 2.69. The van der Waals surface area contributed by atoms with Gasteiger partial charge >= 0.3 is 6.03 Å². The van der Waals surface area contributed by atoms with Crippen LogP contribution in [0.15, 0.2) is 36.7 Å². The van der Waals surface area contributed by atoms with Gasteiger partial charge in [0.05, 0.1) is 6.54 Å². The van der Waals surface area contributed by atoms with Gasteiger partial charge in [0.2, 0.25) is 5.91 Å². The summed E-state index contributed by atoms with van der Waals surface area (Å²) in [5.74, 6) is -3.07. The van der Waals surface area contributed by atoms with E-state index in [4.69, 9.17) is 0 Å². The minimum Gasteiger partial charge on any atom is -0.341 e. The van der Waals surface area contributed by atoms with Gasteiger partial charge in [0, 0.05) is 49.4 Å². The number of aromatic nitrogens is 1. The SMILES string of the molecule is O=C(NCC(=O)N1CCC(F)(F)CC1)Nc1ccc2cnccc2c1. The number of urea groups is 1. The predicted octanol–water partition coefficient (Wildman–Crippen LogP) is 2.61. The summed E-state index contributed by atoms with van der Waals surface area (Å²) in [5.41, 5.74) is 0.585. The number of rotatable bonds is 3. The minimum atomic E-state index is -2.70. The van der Waals surface area contributed by atoms with E-state index in [1.165, 1.54) is 4.90 Å². The van der Waals surface area contributed by atoms with E-state index in [1.807, 2.05) is 12.1 Å². The number of halogens is 2. The average Bonchev–Trinajstić information content (AvgIpc) is 2.59. The first-order valence-corrected chi connectivity index (χ1v) is 7.97. The molecular formula is C17H18F2N4O2. The molecule has 0 radical (unpaired) electrons. The van der Waals surface area contributed by atoms with Crippen LogP contribution in [-0.4, -0.2) is 47.4 Å². The van der Waals surface area contributed by atoms with Crippen molar-refractivity contribution in [2.45, 2.75) is 18.8 Å². The normalized spacial score (nSPS) is 16.5. The molecule has 2 N–H and O–H groups in total. The van der Waals surface area contributed by atoms with Crippen molar-refractivity contribution in [1.82, 2.24) is 15.2 Å². The van der Waals surface area contributed by atoms with Gasteiger partial charge in [-0.3, -0.25) is 9.78 Å². The van der Waals surface area contributed by atoms with E-state index >= 15 is 0 Å². The molecule has 1 fully saturated rings. The zero-order valence-electron chi connectivity index (χ0n) is 13.5. The zero-order chi connectivity index (χ0) is 17.9. The molecule has 0 unspecified atom stereocenters. The maximum Gasteiger partial charge on any atom is 0.319 e. The molecule has 2 heterocycles. The van der Waals surface area contributed by atoms with Gasteiger partial charge in [-0.25, -0.2) is 13.6 Å². The first-order chi connectivity index (χ1) is 11.9. The van der Waals surface area contributed by atoms with E-state index in [0.29, 0.717) is 5.69 Å². The van der Waals surface area contributed by atoms with Crippen molar-refractivity contribution in [3.05, 3.63) is 36.7 Å². The molecule has 0 saturated carbocycles. The lowest BCUT2D eigenvalue weighted by molar-refractivity contribution is -0.136. The molecule has 1 saturated heterocycles. The molecule has 1 aromatic heterocycles. The van der Waals surface area contributed by atoms with Crippen LogP contribution in [0.25, 0.3) is 10.8 Å². The van der Waals surface area contributed by atoms with Crippen molar-refractivity contribution in [2.75, 3.05) is 25.0 Å². The van der Waals surface area contributed by atoms with Crippen LogP contribution < -0.4 is 10.6 Å². The molecule has 3 amide bonds. The highest BCUT2D eigenvalue weighted by Crippen LogP contribution is 2.27. The van der Waals surface area contributed by atoms with Crippen LogP contribution in [0.3, 0.4) is 0 Å². The Balaban J connectivity index is 1.49. The molecule has 1 aromatic carbocycles. The quantitative estimate of drug-likeness (QED) is 0.895. The number of carbonyl (C=O) groups excluding carboxylic acids is 2. The molecule has 132 valence electrons. The highest BCUT2D eigenvalue weighted by molar-refractivity contribution is 5.95. The molecule has 1 aliphatic heterocycles. The second-order valence-corrected chi connectivity index (χ2v) is 5.98. The fraction of sp³-hybridized carbons (Fsp3) is 0.353. The summed E-state index contributed by atoms with van der Waals surface area (Å²) in [7, 11) is 0. The van der Waals surface area contributed by atoms with Gasteiger partial charge in [0.25, 0.3) is 5.92 Å². The monoisotopic (exact) mass is 348 g/mol. The smallest absolute Gasteiger partial charge is 0.319 e. The Morgan fingerprint density at radius 1 is 1.16 bits per heavy atom. The Bertz CT molecular complexity index is 787. The average molecular weight is 348 g/mol. The number of likely N-dealkylation sites (tertiary alicyclic amines) is 1. The van der Waals surface area contributed by atoms with E-state index in [2.05, 4.69) is 15.6 Å². The lowest BCUT2D eigenvalue weighted by atomic mass is 10.1. The number of alkyl halides is 2. The van der Waals surface area contributed by atoms with Crippen molar-refractivity contribution in [2.24, 2.45) is 0 Å². The first kappa shape index (κ1) is 17.1. The van der Waals surface area contributed by atoms with E-state index in [1.54, 1.807) is 24.5 Å². The van der Waals surface area contributed by atoms with Crippen LogP contribution in [-0.2, 0) is 4.79 Å². The number of nitrogens with one attached hydrogen (secondary N) is 2. The van der Waals surface area contributed by atoms with Crippen LogP contribution >= 0.6 is 0 Å². The molecule has 8 heteroatoms. The third-order valence-corrected chi connectivity index (χ3v) is 4.15. The Labute approximate surface area is 143 Å². The van der Waals surface area contributed by atoms with Gasteiger partial charge in [-0.05, 0) is 23.6 Å². The summed E-state index contributed by atoms with van der Waals surface area (Å²) >= 11 is 0. The third kappa shape index (κ3) is 4.40. The summed E-state index contributed by atoms with van der Waals surface area (Å²) in [6.45, 7) is -0.212. The number of benzene rings is 1. The molecular weight excluding hydrogens is 330 g/mol. The molecule has 3 rings (SSSR count). The molecule has 6 nitrogen and oxygen atoms in total. The third-order valence-electron chi connectivity index (χ3n) is 4.15. The Morgan fingerprint density at radius 2 is 1.92 bits per heavy atom. The molecule has 0 bridgehead atoms. The summed E-state index contributed by atoms with van der Waals surface area (Å²) in [5, 5.41) is 6.98. The van der Waals surface area contributed by atoms with Gasteiger partial charge in [0.15, 0.2) is 0 Å². The van der Waals surface area contributed by atoms with Gasteiger partial charge in [-0.15, -0.1) is 0 Å². The van der Waals surface area contributed by atoms with Crippen molar-refractivity contribution >= 4 is 28.4 Å². The Kier molecular flexibility index (Phi) is 4.78.